The molecule has 1 unspecified atom stereocenters. The number of benzene rings is 1. The molecule has 2 amide bonds. The molecule has 1 aromatic rings. The Kier molecular flexibility index (Phi) is 5.72. The highest BCUT2D eigenvalue weighted by Gasteiger charge is 2.57. The van der Waals surface area contributed by atoms with E-state index >= 15 is 0 Å². The second-order valence-electron chi connectivity index (χ2n) is 6.45. The van der Waals surface area contributed by atoms with Gasteiger partial charge in [0.2, 0.25) is 11.8 Å². The highest BCUT2D eigenvalue weighted by atomic mass is 35.5. The Bertz CT molecular complexity index is 630. The van der Waals surface area contributed by atoms with Gasteiger partial charge in [0.05, 0.1) is 12.8 Å². The zero-order valence-electron chi connectivity index (χ0n) is 14.0. The van der Waals surface area contributed by atoms with Gasteiger partial charge < -0.3 is 20.7 Å². The minimum Gasteiger partial charge on any atom is -0.495 e. The van der Waals surface area contributed by atoms with E-state index in [1.54, 1.807) is 25.3 Å². The molecule has 1 atom stereocenters. The molecule has 1 spiro atoms. The number of rotatable bonds is 4. The molecule has 0 aromatic heterocycles. The quantitative estimate of drug-likeness (QED) is 0.776. The number of nitrogens with one attached hydrogen (secondary N) is 3. The first-order valence-electron chi connectivity index (χ1n) is 8.01. The first kappa shape index (κ1) is 18.5. The Morgan fingerprint density at radius 3 is 2.58 bits per heavy atom. The number of halogens is 1. The Hall–Kier alpha value is -1.79. The number of piperidine rings is 1. The largest absolute Gasteiger partial charge is 0.495 e. The number of ether oxygens (including phenoxy) is 1. The van der Waals surface area contributed by atoms with Crippen LogP contribution in [0.2, 0.25) is 0 Å². The molecule has 6 nitrogen and oxygen atoms in total. The Morgan fingerprint density at radius 2 is 1.96 bits per heavy atom. The Labute approximate surface area is 148 Å². The molecule has 1 aliphatic heterocycles. The molecule has 1 aromatic carbocycles. The first-order chi connectivity index (χ1) is 11.0. The van der Waals surface area contributed by atoms with Crippen molar-refractivity contribution in [1.82, 2.24) is 5.32 Å². The van der Waals surface area contributed by atoms with Gasteiger partial charge in [-0.25, -0.2) is 0 Å². The molecular formula is C17H24ClN3O3. The van der Waals surface area contributed by atoms with Crippen molar-refractivity contribution in [2.24, 2.45) is 11.3 Å². The number of hydrogen-bond acceptors (Lipinski definition) is 4. The standard InChI is InChI=1S/C17H23N3O3.ClH/c1-11(21)19-14-9-12(3-4-15(14)23-2)20-16(22)13-10-17(13)5-7-18-8-6-17;/h3-4,9,13,18H,5-8,10H2,1-2H3,(H,19,21)(H,20,22);1H. The molecule has 24 heavy (non-hydrogen) atoms. The van der Waals surface area contributed by atoms with Gasteiger partial charge in [-0.3, -0.25) is 9.59 Å². The van der Waals surface area contributed by atoms with Crippen molar-refractivity contribution in [3.63, 3.8) is 0 Å². The summed E-state index contributed by atoms with van der Waals surface area (Å²) < 4.78 is 5.22. The summed E-state index contributed by atoms with van der Waals surface area (Å²) in [5, 5.41) is 9.03. The highest BCUT2D eigenvalue weighted by molar-refractivity contribution is 5.97. The van der Waals surface area contributed by atoms with E-state index in [2.05, 4.69) is 16.0 Å². The Balaban J connectivity index is 0.00000208. The lowest BCUT2D eigenvalue weighted by Crippen LogP contribution is -2.31. The lowest BCUT2D eigenvalue weighted by atomic mass is 9.92. The van der Waals surface area contributed by atoms with E-state index < -0.39 is 0 Å². The zero-order valence-corrected chi connectivity index (χ0v) is 14.8. The number of anilines is 2. The highest BCUT2D eigenvalue weighted by Crippen LogP contribution is 2.58. The van der Waals surface area contributed by atoms with Crippen molar-refractivity contribution in [1.29, 1.82) is 0 Å². The molecule has 0 bridgehead atoms. The summed E-state index contributed by atoms with van der Waals surface area (Å²) >= 11 is 0. The predicted octanol–water partition coefficient (Wildman–Crippen LogP) is 2.40. The van der Waals surface area contributed by atoms with Crippen LogP contribution in [0.5, 0.6) is 5.75 Å². The summed E-state index contributed by atoms with van der Waals surface area (Å²) in [6.07, 6.45) is 3.13. The van der Waals surface area contributed by atoms with Gasteiger partial charge in [-0.1, -0.05) is 0 Å². The normalized spacial score (nSPS) is 20.7. The maximum absolute atomic E-state index is 12.5. The van der Waals surface area contributed by atoms with Crippen LogP contribution in [0.4, 0.5) is 11.4 Å². The maximum atomic E-state index is 12.5. The van der Waals surface area contributed by atoms with Gasteiger partial charge in [0.15, 0.2) is 0 Å². The summed E-state index contributed by atoms with van der Waals surface area (Å²) in [4.78, 5) is 23.8. The number of amides is 2. The first-order valence-corrected chi connectivity index (χ1v) is 8.01. The summed E-state index contributed by atoms with van der Waals surface area (Å²) in [5.41, 5.74) is 1.45. The summed E-state index contributed by atoms with van der Waals surface area (Å²) in [6.45, 7) is 3.44. The average Bonchev–Trinajstić information content (AvgIpc) is 3.21. The smallest absolute Gasteiger partial charge is 0.228 e. The van der Waals surface area contributed by atoms with E-state index in [0.29, 0.717) is 17.1 Å². The maximum Gasteiger partial charge on any atom is 0.228 e. The molecule has 3 N–H and O–H groups in total. The second kappa shape index (κ2) is 7.40. The van der Waals surface area contributed by atoms with Gasteiger partial charge in [0.25, 0.3) is 0 Å². The summed E-state index contributed by atoms with van der Waals surface area (Å²) in [5.74, 6) is 0.573. The topological polar surface area (TPSA) is 79.5 Å². The van der Waals surface area contributed by atoms with Gasteiger partial charge in [-0.2, -0.15) is 0 Å². The van der Waals surface area contributed by atoms with Gasteiger partial charge in [-0.05, 0) is 56.0 Å². The van der Waals surface area contributed by atoms with Crippen LogP contribution in [0, 0.1) is 11.3 Å². The fraction of sp³-hybridized carbons (Fsp3) is 0.529. The van der Waals surface area contributed by atoms with Crippen molar-refractivity contribution in [3.05, 3.63) is 18.2 Å². The van der Waals surface area contributed by atoms with Crippen LogP contribution < -0.4 is 20.7 Å². The van der Waals surface area contributed by atoms with E-state index in [1.807, 2.05) is 0 Å². The van der Waals surface area contributed by atoms with Gasteiger partial charge in [0, 0.05) is 18.5 Å². The fourth-order valence-electron chi connectivity index (χ4n) is 3.50. The molecule has 0 radical (unpaired) electrons. The number of hydrogen-bond donors (Lipinski definition) is 3. The fourth-order valence-corrected chi connectivity index (χ4v) is 3.50. The third kappa shape index (κ3) is 3.82. The van der Waals surface area contributed by atoms with Crippen molar-refractivity contribution in [2.45, 2.75) is 26.2 Å². The molecule has 132 valence electrons. The number of carbonyl (C=O) groups excluding carboxylic acids is 2. The molecule has 1 heterocycles. The van der Waals surface area contributed by atoms with Crippen LogP contribution in [0.3, 0.4) is 0 Å². The lowest BCUT2D eigenvalue weighted by molar-refractivity contribution is -0.118. The molecule has 1 aliphatic carbocycles. The molecular weight excluding hydrogens is 330 g/mol. The van der Waals surface area contributed by atoms with Crippen molar-refractivity contribution in [2.75, 3.05) is 30.8 Å². The van der Waals surface area contributed by atoms with E-state index in [1.165, 1.54) is 6.92 Å². The average molecular weight is 354 g/mol. The molecule has 3 rings (SSSR count). The van der Waals surface area contributed by atoms with Crippen molar-refractivity contribution >= 4 is 35.6 Å². The second-order valence-corrected chi connectivity index (χ2v) is 6.45. The van der Waals surface area contributed by atoms with E-state index in [4.69, 9.17) is 4.74 Å². The minimum atomic E-state index is -0.178. The third-order valence-electron chi connectivity index (χ3n) is 4.88. The molecule has 1 saturated heterocycles. The number of methoxy groups -OCH3 is 1. The summed E-state index contributed by atoms with van der Waals surface area (Å²) in [7, 11) is 1.55. The lowest BCUT2D eigenvalue weighted by Gasteiger charge is -2.23. The molecule has 2 aliphatic rings. The third-order valence-corrected chi connectivity index (χ3v) is 4.88. The SMILES string of the molecule is COc1ccc(NC(=O)C2CC23CCNCC3)cc1NC(C)=O.Cl. The van der Waals surface area contributed by atoms with E-state index in [-0.39, 0.29) is 35.6 Å². The van der Waals surface area contributed by atoms with Crippen molar-refractivity contribution in [3.8, 4) is 5.75 Å². The monoisotopic (exact) mass is 353 g/mol. The molecule has 7 heteroatoms. The predicted molar refractivity (Wildman–Crippen MR) is 95.8 cm³/mol. The van der Waals surface area contributed by atoms with Crippen LogP contribution in [-0.2, 0) is 9.59 Å². The van der Waals surface area contributed by atoms with E-state index in [0.717, 1.165) is 32.4 Å². The van der Waals surface area contributed by atoms with Gasteiger partial charge >= 0.3 is 0 Å². The van der Waals surface area contributed by atoms with Crippen LogP contribution >= 0.6 is 12.4 Å². The Morgan fingerprint density at radius 1 is 1.25 bits per heavy atom. The van der Waals surface area contributed by atoms with Crippen LogP contribution in [0.1, 0.15) is 26.2 Å². The van der Waals surface area contributed by atoms with E-state index in [9.17, 15) is 9.59 Å². The summed E-state index contributed by atoms with van der Waals surface area (Å²) in [6, 6.07) is 5.27. The van der Waals surface area contributed by atoms with Crippen LogP contribution in [0.25, 0.3) is 0 Å². The zero-order chi connectivity index (χ0) is 16.4. The van der Waals surface area contributed by atoms with Crippen molar-refractivity contribution < 1.29 is 14.3 Å². The van der Waals surface area contributed by atoms with Gasteiger partial charge in [0.1, 0.15) is 5.75 Å². The minimum absolute atomic E-state index is 0. The van der Waals surface area contributed by atoms with Gasteiger partial charge in [-0.15, -0.1) is 12.4 Å². The van der Waals surface area contributed by atoms with Crippen LogP contribution in [-0.4, -0.2) is 32.0 Å². The molecule has 2 fully saturated rings. The van der Waals surface area contributed by atoms with Crippen LogP contribution in [0.15, 0.2) is 18.2 Å². The molecule has 1 saturated carbocycles. The number of carbonyl (C=O) groups is 2.